The van der Waals surface area contributed by atoms with Gasteiger partial charge in [0.1, 0.15) is 16.7 Å². The molecule has 230 valence electrons. The minimum atomic E-state index is 0.626. The second-order valence-electron chi connectivity index (χ2n) is 12.3. The smallest absolute Gasteiger partial charge is 0.227 e. The fourth-order valence-electron chi connectivity index (χ4n) is 7.21. The number of anilines is 3. The summed E-state index contributed by atoms with van der Waals surface area (Å²) in [6, 6.07) is 59.1. The molecule has 0 spiro atoms. The first kappa shape index (κ1) is 27.5. The lowest BCUT2D eigenvalue weighted by Gasteiger charge is -2.27. The van der Waals surface area contributed by atoms with Crippen LogP contribution in [0, 0.1) is 0 Å². The highest BCUT2D eigenvalue weighted by Crippen LogP contribution is 2.43. The summed E-state index contributed by atoms with van der Waals surface area (Å²) < 4.78 is 12.9. The third kappa shape index (κ3) is 4.42. The molecule has 8 aromatic carbocycles. The second-order valence-corrected chi connectivity index (χ2v) is 12.3. The molecule has 10 aromatic rings. The molecule has 0 unspecified atom stereocenters. The van der Waals surface area contributed by atoms with Crippen LogP contribution in [-0.2, 0) is 0 Å². The molecule has 0 radical (unpaired) electrons. The maximum Gasteiger partial charge on any atom is 0.227 e. The lowest BCUT2D eigenvalue weighted by molar-refractivity contribution is 0.623. The molecule has 0 saturated heterocycles. The predicted octanol–water partition coefficient (Wildman–Crippen LogP) is 12.8. The van der Waals surface area contributed by atoms with Crippen LogP contribution < -0.4 is 4.90 Å². The molecule has 49 heavy (non-hydrogen) atoms. The number of aromatic nitrogens is 1. The Morgan fingerprint density at radius 1 is 0.429 bits per heavy atom. The van der Waals surface area contributed by atoms with Gasteiger partial charge in [-0.3, -0.25) is 0 Å². The Hall–Kier alpha value is -6.65. The van der Waals surface area contributed by atoms with E-state index in [1.807, 2.05) is 48.5 Å². The summed E-state index contributed by atoms with van der Waals surface area (Å²) in [5.74, 6) is 0.626. The molecule has 0 bridgehead atoms. The van der Waals surface area contributed by atoms with E-state index in [9.17, 15) is 0 Å². The van der Waals surface area contributed by atoms with Crippen molar-refractivity contribution in [2.45, 2.75) is 0 Å². The number of benzene rings is 8. The Morgan fingerprint density at radius 3 is 1.98 bits per heavy atom. The average molecular weight is 629 g/mol. The zero-order chi connectivity index (χ0) is 32.3. The van der Waals surface area contributed by atoms with Crippen molar-refractivity contribution in [1.29, 1.82) is 0 Å². The van der Waals surface area contributed by atoms with Gasteiger partial charge in [-0.25, -0.2) is 4.98 Å². The van der Waals surface area contributed by atoms with Gasteiger partial charge in [0.05, 0.1) is 5.69 Å². The third-order valence-corrected chi connectivity index (χ3v) is 9.49. The largest absolute Gasteiger partial charge is 0.455 e. The monoisotopic (exact) mass is 628 g/mol. The van der Waals surface area contributed by atoms with Gasteiger partial charge in [0.25, 0.3) is 0 Å². The van der Waals surface area contributed by atoms with Crippen LogP contribution in [0.25, 0.3) is 77.2 Å². The minimum Gasteiger partial charge on any atom is -0.455 e. The molecule has 2 aromatic heterocycles. The van der Waals surface area contributed by atoms with E-state index >= 15 is 0 Å². The van der Waals surface area contributed by atoms with Gasteiger partial charge in [-0.1, -0.05) is 115 Å². The van der Waals surface area contributed by atoms with Gasteiger partial charge in [0, 0.05) is 44.0 Å². The first-order chi connectivity index (χ1) is 24.3. The average Bonchev–Trinajstić information content (AvgIpc) is 3.78. The van der Waals surface area contributed by atoms with Gasteiger partial charge in [-0.05, 0) is 70.9 Å². The maximum atomic E-state index is 6.52. The van der Waals surface area contributed by atoms with E-state index in [0.717, 1.165) is 88.3 Å². The van der Waals surface area contributed by atoms with Crippen LogP contribution in [0.15, 0.2) is 179 Å². The number of nitrogens with zero attached hydrogens (tertiary/aromatic N) is 2. The lowest BCUT2D eigenvalue weighted by Crippen LogP contribution is -2.10. The molecule has 0 atom stereocenters. The summed E-state index contributed by atoms with van der Waals surface area (Å²) in [6.07, 6.45) is 0. The van der Waals surface area contributed by atoms with Gasteiger partial charge < -0.3 is 13.7 Å². The quantitative estimate of drug-likeness (QED) is 0.178. The van der Waals surface area contributed by atoms with Gasteiger partial charge in [0.15, 0.2) is 5.58 Å². The van der Waals surface area contributed by atoms with E-state index in [0.29, 0.717) is 5.89 Å². The molecule has 10 rings (SSSR count). The van der Waals surface area contributed by atoms with Crippen molar-refractivity contribution in [2.24, 2.45) is 0 Å². The lowest BCUT2D eigenvalue weighted by atomic mass is 9.98. The fourth-order valence-corrected chi connectivity index (χ4v) is 7.21. The van der Waals surface area contributed by atoms with Crippen LogP contribution in [-0.4, -0.2) is 4.98 Å². The molecular weight excluding hydrogens is 601 g/mol. The van der Waals surface area contributed by atoms with E-state index in [1.54, 1.807) is 0 Å². The zero-order valence-electron chi connectivity index (χ0n) is 26.4. The molecule has 4 nitrogen and oxygen atoms in total. The third-order valence-electron chi connectivity index (χ3n) is 9.49. The number of fused-ring (bicyclic) bond motifs is 8. The highest BCUT2D eigenvalue weighted by atomic mass is 16.3. The number of hydrogen-bond donors (Lipinski definition) is 0. The standard InChI is InChI=1S/C45H28N2O2/c1-3-11-31(12-4-1)45-46-39-28-24-30-23-27-35-37(42(30)44(39)49-45)17-10-19-40(35)47(32-13-5-2-6-14-32)33-25-21-29(22-26-33)34-16-9-18-38-36-15-7-8-20-41(36)48-43(34)38/h1-28H. The molecule has 0 aliphatic carbocycles. The van der Waals surface area contributed by atoms with Crippen molar-refractivity contribution < 1.29 is 8.83 Å². The first-order valence-corrected chi connectivity index (χ1v) is 16.5. The molecule has 0 aliphatic rings. The van der Waals surface area contributed by atoms with E-state index in [1.165, 1.54) is 0 Å². The molecular formula is C45H28N2O2. The Kier molecular flexibility index (Phi) is 6.15. The van der Waals surface area contributed by atoms with Gasteiger partial charge in [-0.2, -0.15) is 0 Å². The molecule has 0 N–H and O–H groups in total. The maximum absolute atomic E-state index is 6.52. The molecule has 0 amide bonds. The summed E-state index contributed by atoms with van der Waals surface area (Å²) in [4.78, 5) is 7.20. The van der Waals surface area contributed by atoms with Crippen molar-refractivity contribution in [1.82, 2.24) is 4.98 Å². The minimum absolute atomic E-state index is 0.626. The van der Waals surface area contributed by atoms with E-state index in [-0.39, 0.29) is 0 Å². The van der Waals surface area contributed by atoms with Crippen LogP contribution in [0.5, 0.6) is 0 Å². The number of para-hydroxylation sites is 3. The van der Waals surface area contributed by atoms with Gasteiger partial charge >= 0.3 is 0 Å². The van der Waals surface area contributed by atoms with Crippen molar-refractivity contribution in [3.63, 3.8) is 0 Å². The molecule has 0 aliphatic heterocycles. The summed E-state index contributed by atoms with van der Waals surface area (Å²) in [7, 11) is 0. The SMILES string of the molecule is c1ccc(-c2nc3ccc4ccc5c(N(c6ccccc6)c6ccc(-c7cccc8c7oc7ccccc78)cc6)cccc5c4c3o2)cc1. The van der Waals surface area contributed by atoms with Crippen molar-refractivity contribution >= 4 is 71.6 Å². The highest BCUT2D eigenvalue weighted by molar-refractivity contribution is 6.20. The normalized spacial score (nSPS) is 11.7. The topological polar surface area (TPSA) is 42.4 Å². The Balaban J connectivity index is 1.14. The van der Waals surface area contributed by atoms with Crippen LogP contribution in [0.1, 0.15) is 0 Å². The van der Waals surface area contributed by atoms with Crippen molar-refractivity contribution in [3.8, 4) is 22.6 Å². The van der Waals surface area contributed by atoms with E-state index < -0.39 is 0 Å². The second kappa shape index (κ2) is 11.0. The van der Waals surface area contributed by atoms with E-state index in [2.05, 4.69) is 126 Å². The summed E-state index contributed by atoms with van der Waals surface area (Å²) >= 11 is 0. The molecule has 0 fully saturated rings. The fraction of sp³-hybridized carbons (Fsp3) is 0. The zero-order valence-corrected chi connectivity index (χ0v) is 26.4. The number of oxazole rings is 1. The Labute approximate surface area is 282 Å². The Morgan fingerprint density at radius 2 is 1.12 bits per heavy atom. The number of rotatable bonds is 5. The molecule has 2 heterocycles. The van der Waals surface area contributed by atoms with Crippen LogP contribution in [0.3, 0.4) is 0 Å². The highest BCUT2D eigenvalue weighted by Gasteiger charge is 2.19. The van der Waals surface area contributed by atoms with Crippen LogP contribution >= 0.6 is 0 Å². The Bertz CT molecular complexity index is 2820. The van der Waals surface area contributed by atoms with Gasteiger partial charge in [0.2, 0.25) is 5.89 Å². The molecule has 4 heteroatoms. The van der Waals surface area contributed by atoms with Gasteiger partial charge in [-0.15, -0.1) is 0 Å². The van der Waals surface area contributed by atoms with Crippen LogP contribution in [0.2, 0.25) is 0 Å². The number of furan rings is 1. The summed E-state index contributed by atoms with van der Waals surface area (Å²) in [5.41, 5.74) is 9.82. The van der Waals surface area contributed by atoms with Crippen LogP contribution in [0.4, 0.5) is 17.1 Å². The first-order valence-electron chi connectivity index (χ1n) is 16.5. The number of hydrogen-bond acceptors (Lipinski definition) is 4. The van der Waals surface area contributed by atoms with Crippen molar-refractivity contribution in [2.75, 3.05) is 4.90 Å². The van der Waals surface area contributed by atoms with Crippen molar-refractivity contribution in [3.05, 3.63) is 170 Å². The summed E-state index contributed by atoms with van der Waals surface area (Å²) in [5, 5.41) is 6.68. The molecule has 0 saturated carbocycles. The predicted molar refractivity (Wildman–Crippen MR) is 202 cm³/mol. The van der Waals surface area contributed by atoms with E-state index in [4.69, 9.17) is 13.8 Å². The summed E-state index contributed by atoms with van der Waals surface area (Å²) in [6.45, 7) is 0.